The van der Waals surface area contributed by atoms with E-state index in [1.54, 1.807) is 30.1 Å². The van der Waals surface area contributed by atoms with Gasteiger partial charge in [-0.2, -0.15) is 23.5 Å². The fourth-order valence-electron chi connectivity index (χ4n) is 2.69. The molecule has 0 aliphatic carbocycles. The lowest BCUT2D eigenvalue weighted by Crippen LogP contribution is -2.24. The summed E-state index contributed by atoms with van der Waals surface area (Å²) in [4.78, 5) is 12.4. The van der Waals surface area contributed by atoms with Gasteiger partial charge in [0.25, 0.3) is 0 Å². The summed E-state index contributed by atoms with van der Waals surface area (Å²) in [6.45, 7) is 0.276. The van der Waals surface area contributed by atoms with Crippen LogP contribution in [0, 0.1) is 11.3 Å². The number of thioether (sulfide) groups is 2. The lowest BCUT2D eigenvalue weighted by atomic mass is 10.1. The molecule has 168 valence electrons. The first kappa shape index (κ1) is 23.7. The maximum absolute atomic E-state index is 12.9. The number of aliphatic carboxylic acids is 1. The third-order valence-corrected chi connectivity index (χ3v) is 6.58. The van der Waals surface area contributed by atoms with Crippen LogP contribution in [0.25, 0.3) is 0 Å². The zero-order chi connectivity index (χ0) is 23.5. The summed E-state index contributed by atoms with van der Waals surface area (Å²) in [7, 11) is 3.44. The molecule has 2 aromatic rings. The molecular formula is C19H17F3N6O2S2. The summed E-state index contributed by atoms with van der Waals surface area (Å²) < 4.78 is 39.2. The number of rotatable bonds is 6. The maximum Gasteiger partial charge on any atom is 0.416 e. The minimum atomic E-state index is -4.51. The standard InChI is InChI=1S/C19H17F3N6O2S2/c1-27(6-5-16(29)30)15-8-14-17(25-24-15)32-18(26-28(14)2)31-10-11-3-4-13(19(20,21)22)7-12(11)9-23/h3-4,7-8H,5-6,10H2,1-2H3,(H,29,30). The minimum absolute atomic E-state index is 0.0312. The Kier molecular flexibility index (Phi) is 7.15. The van der Waals surface area contributed by atoms with Crippen LogP contribution in [0.3, 0.4) is 0 Å². The van der Waals surface area contributed by atoms with E-state index in [2.05, 4.69) is 15.3 Å². The Balaban J connectivity index is 1.70. The number of anilines is 2. The maximum atomic E-state index is 12.9. The van der Waals surface area contributed by atoms with Crippen molar-refractivity contribution >= 4 is 45.4 Å². The average molecular weight is 483 g/mol. The number of benzene rings is 1. The molecule has 0 bridgehead atoms. The normalized spacial score (nSPS) is 13.2. The van der Waals surface area contributed by atoms with Crippen LogP contribution in [0.15, 0.2) is 34.4 Å². The Morgan fingerprint density at radius 1 is 1.34 bits per heavy atom. The van der Waals surface area contributed by atoms with Gasteiger partial charge in [-0.1, -0.05) is 17.8 Å². The van der Waals surface area contributed by atoms with E-state index in [1.807, 2.05) is 6.07 Å². The fourth-order valence-corrected chi connectivity index (χ4v) is 4.76. The molecule has 1 aliphatic rings. The summed E-state index contributed by atoms with van der Waals surface area (Å²) in [5, 5.41) is 33.1. The second kappa shape index (κ2) is 9.66. The molecule has 13 heteroatoms. The fraction of sp³-hybridized carbons (Fsp3) is 0.316. The van der Waals surface area contributed by atoms with Crippen LogP contribution in [-0.4, -0.2) is 46.3 Å². The molecule has 1 aromatic carbocycles. The molecule has 8 nitrogen and oxygen atoms in total. The van der Waals surface area contributed by atoms with Crippen molar-refractivity contribution in [2.24, 2.45) is 5.10 Å². The average Bonchev–Trinajstić information content (AvgIpc) is 2.75. The highest BCUT2D eigenvalue weighted by Gasteiger charge is 2.31. The Morgan fingerprint density at radius 2 is 2.09 bits per heavy atom. The number of aromatic nitrogens is 2. The number of alkyl halides is 3. The Morgan fingerprint density at radius 3 is 2.75 bits per heavy atom. The van der Waals surface area contributed by atoms with Gasteiger partial charge in [-0.05, 0) is 29.5 Å². The highest BCUT2D eigenvalue weighted by molar-refractivity contribution is 8.38. The van der Waals surface area contributed by atoms with E-state index in [1.165, 1.54) is 29.6 Å². The highest BCUT2D eigenvalue weighted by Crippen LogP contribution is 2.39. The molecule has 2 heterocycles. The first-order valence-electron chi connectivity index (χ1n) is 9.12. The van der Waals surface area contributed by atoms with E-state index in [-0.39, 0.29) is 24.3 Å². The van der Waals surface area contributed by atoms with Gasteiger partial charge in [0.05, 0.1) is 29.3 Å². The van der Waals surface area contributed by atoms with E-state index >= 15 is 0 Å². The second-order valence-corrected chi connectivity index (χ2v) is 8.92. The monoisotopic (exact) mass is 482 g/mol. The van der Waals surface area contributed by atoms with Crippen molar-refractivity contribution in [3.05, 3.63) is 41.0 Å². The number of nitrogens with zero attached hydrogens (tertiary/aromatic N) is 6. The second-order valence-electron chi connectivity index (χ2n) is 6.72. The molecule has 0 unspecified atom stereocenters. The number of hydrazone groups is 1. The van der Waals surface area contributed by atoms with E-state index in [4.69, 9.17) is 5.11 Å². The number of carbonyl (C=O) groups is 1. The first-order valence-corrected chi connectivity index (χ1v) is 10.9. The molecule has 0 saturated heterocycles. The SMILES string of the molecule is CN(CCC(=O)O)c1cc2c(nn1)SC(SCc1ccc(C(F)(F)F)cc1C#N)=NN2C. The van der Waals surface area contributed by atoms with E-state index in [0.717, 1.165) is 12.1 Å². The smallest absolute Gasteiger partial charge is 0.416 e. The highest BCUT2D eigenvalue weighted by atomic mass is 32.2. The zero-order valence-corrected chi connectivity index (χ0v) is 18.6. The number of carboxylic acid groups (broad SMARTS) is 1. The van der Waals surface area contributed by atoms with Crippen molar-refractivity contribution < 1.29 is 23.1 Å². The van der Waals surface area contributed by atoms with Crippen molar-refractivity contribution in [2.45, 2.75) is 23.4 Å². The summed E-state index contributed by atoms with van der Waals surface area (Å²) in [5.41, 5.74) is 0.277. The van der Waals surface area contributed by atoms with Gasteiger partial charge in [0.1, 0.15) is 0 Å². The van der Waals surface area contributed by atoms with Crippen molar-refractivity contribution in [3.63, 3.8) is 0 Å². The van der Waals surface area contributed by atoms with Crippen molar-refractivity contribution in [3.8, 4) is 6.07 Å². The summed E-state index contributed by atoms with van der Waals surface area (Å²) >= 11 is 2.54. The molecule has 0 radical (unpaired) electrons. The van der Waals surface area contributed by atoms with E-state index < -0.39 is 17.7 Å². The molecule has 0 fully saturated rings. The lowest BCUT2D eigenvalue weighted by Gasteiger charge is -2.24. The van der Waals surface area contributed by atoms with Crippen molar-refractivity contribution in [1.82, 2.24) is 10.2 Å². The van der Waals surface area contributed by atoms with Crippen LogP contribution < -0.4 is 9.91 Å². The Hall–Kier alpha value is -2.98. The van der Waals surface area contributed by atoms with Crippen molar-refractivity contribution in [2.75, 3.05) is 30.5 Å². The van der Waals surface area contributed by atoms with Gasteiger partial charge in [-0.25, -0.2) is 0 Å². The van der Waals surface area contributed by atoms with Gasteiger partial charge < -0.3 is 10.0 Å². The van der Waals surface area contributed by atoms with Gasteiger partial charge in [-0.15, -0.1) is 10.2 Å². The molecule has 0 saturated carbocycles. The molecule has 0 spiro atoms. The minimum Gasteiger partial charge on any atom is -0.481 e. The molecule has 1 aromatic heterocycles. The van der Waals surface area contributed by atoms with Crippen LogP contribution in [0.4, 0.5) is 24.7 Å². The van der Waals surface area contributed by atoms with Gasteiger partial charge in [0.15, 0.2) is 15.2 Å². The van der Waals surface area contributed by atoms with Crippen LogP contribution >= 0.6 is 23.5 Å². The third-order valence-electron chi connectivity index (χ3n) is 4.45. The predicted molar refractivity (Wildman–Crippen MR) is 117 cm³/mol. The number of hydrogen-bond donors (Lipinski definition) is 1. The molecule has 1 aliphatic heterocycles. The number of fused-ring (bicyclic) bond motifs is 1. The Labute approximate surface area is 190 Å². The third kappa shape index (κ3) is 5.63. The molecular weight excluding hydrogens is 465 g/mol. The largest absolute Gasteiger partial charge is 0.481 e. The lowest BCUT2D eigenvalue weighted by molar-refractivity contribution is -0.138. The molecule has 3 rings (SSSR count). The summed E-state index contributed by atoms with van der Waals surface area (Å²) in [6.07, 6.45) is -4.54. The molecule has 0 amide bonds. The molecule has 32 heavy (non-hydrogen) atoms. The predicted octanol–water partition coefficient (Wildman–Crippen LogP) is 4.02. The van der Waals surface area contributed by atoms with E-state index in [0.29, 0.717) is 26.5 Å². The Bertz CT molecular complexity index is 1100. The summed E-state index contributed by atoms with van der Waals surface area (Å²) in [5.74, 6) is -0.138. The van der Waals surface area contributed by atoms with Crippen LogP contribution in [0.2, 0.25) is 0 Å². The van der Waals surface area contributed by atoms with Gasteiger partial charge in [0, 0.05) is 32.5 Å². The van der Waals surface area contributed by atoms with Gasteiger partial charge >= 0.3 is 12.1 Å². The number of nitriles is 1. The van der Waals surface area contributed by atoms with Crippen LogP contribution in [-0.2, 0) is 16.7 Å². The quantitative estimate of drug-likeness (QED) is 0.653. The van der Waals surface area contributed by atoms with Crippen LogP contribution in [0.1, 0.15) is 23.1 Å². The first-order chi connectivity index (χ1) is 15.1. The van der Waals surface area contributed by atoms with E-state index in [9.17, 15) is 23.2 Å². The zero-order valence-electron chi connectivity index (χ0n) is 16.9. The topological polar surface area (TPSA) is 106 Å². The molecule has 1 N–H and O–H groups in total. The van der Waals surface area contributed by atoms with Gasteiger partial charge in [0.2, 0.25) is 0 Å². The van der Waals surface area contributed by atoms with Gasteiger partial charge in [-0.3, -0.25) is 9.80 Å². The number of halogens is 3. The number of carboxylic acids is 1. The van der Waals surface area contributed by atoms with Crippen molar-refractivity contribution in [1.29, 1.82) is 5.26 Å². The van der Waals surface area contributed by atoms with Crippen LogP contribution in [0.5, 0.6) is 0 Å². The number of hydrogen-bond acceptors (Lipinski definition) is 9. The summed E-state index contributed by atoms with van der Waals surface area (Å²) in [6, 6.07) is 6.69. The molecule has 0 atom stereocenters.